The van der Waals surface area contributed by atoms with Crippen LogP contribution in [0.15, 0.2) is 0 Å². The molecule has 0 N–H and O–H groups in total. The molecule has 2 aliphatic heterocycles. The molecule has 2 heterocycles. The Kier molecular flexibility index (Phi) is 4.21. The van der Waals surface area contributed by atoms with Crippen LogP contribution >= 0.6 is 31.9 Å². The quantitative estimate of drug-likeness (QED) is 0.730. The van der Waals surface area contributed by atoms with E-state index in [9.17, 15) is 0 Å². The summed E-state index contributed by atoms with van der Waals surface area (Å²) in [6.45, 7) is 1.17. The summed E-state index contributed by atoms with van der Waals surface area (Å²) in [6, 6.07) is 0. The van der Waals surface area contributed by atoms with E-state index in [0.717, 1.165) is 0 Å². The van der Waals surface area contributed by atoms with Crippen LogP contribution in [-0.2, 0) is 18.9 Å². The molecule has 2 fully saturated rings. The zero-order valence-corrected chi connectivity index (χ0v) is 10.7. The predicted octanol–water partition coefficient (Wildman–Crippen LogP) is 1.26. The largest absolute Gasteiger partial charge is 0.349 e. The Balaban J connectivity index is 1.80. The van der Waals surface area contributed by atoms with E-state index in [1.807, 2.05) is 0 Å². The minimum atomic E-state index is -0.147. The van der Waals surface area contributed by atoms with Crippen molar-refractivity contribution in [3.05, 3.63) is 0 Å². The first kappa shape index (κ1) is 11.3. The van der Waals surface area contributed by atoms with Gasteiger partial charge in [0.1, 0.15) is 12.2 Å². The lowest BCUT2D eigenvalue weighted by molar-refractivity contribution is -0.0882. The van der Waals surface area contributed by atoms with Gasteiger partial charge in [0.2, 0.25) is 0 Å². The van der Waals surface area contributed by atoms with E-state index in [4.69, 9.17) is 18.9 Å². The Labute approximate surface area is 99.5 Å². The summed E-state index contributed by atoms with van der Waals surface area (Å²) in [4.78, 5) is 0. The number of hydrogen-bond donors (Lipinski definition) is 0. The summed E-state index contributed by atoms with van der Waals surface area (Å²) in [5, 5.41) is 1.39. The molecule has 14 heavy (non-hydrogen) atoms. The second-order valence-corrected chi connectivity index (χ2v) is 4.48. The van der Waals surface area contributed by atoms with Gasteiger partial charge in [-0.3, -0.25) is 0 Å². The number of rotatable bonds is 3. The summed E-state index contributed by atoms with van der Waals surface area (Å²) in [5.74, 6) is 0. The molecule has 0 aromatic heterocycles. The minimum Gasteiger partial charge on any atom is -0.349 e. The number of halogens is 2. The average Bonchev–Trinajstić information content (AvgIpc) is 2.86. The SMILES string of the molecule is BrC[C@@H]1OC[C@H]([C@H]2CO[C@@H](CBr)O2)O1. The van der Waals surface area contributed by atoms with Gasteiger partial charge in [0.05, 0.1) is 23.9 Å². The number of ether oxygens (including phenoxy) is 4. The van der Waals surface area contributed by atoms with Crippen molar-refractivity contribution in [2.24, 2.45) is 0 Å². The Morgan fingerprint density at radius 3 is 1.57 bits per heavy atom. The number of hydrogen-bond acceptors (Lipinski definition) is 4. The van der Waals surface area contributed by atoms with Gasteiger partial charge in [-0.2, -0.15) is 0 Å². The Morgan fingerprint density at radius 2 is 1.29 bits per heavy atom. The molecule has 0 unspecified atom stereocenters. The third-order valence-corrected chi connectivity index (χ3v) is 3.27. The summed E-state index contributed by atoms with van der Waals surface area (Å²) < 4.78 is 22.0. The monoisotopic (exact) mass is 330 g/mol. The molecule has 4 atom stereocenters. The van der Waals surface area contributed by atoms with Gasteiger partial charge in [-0.05, 0) is 0 Å². The van der Waals surface area contributed by atoms with Crippen LogP contribution in [0.1, 0.15) is 0 Å². The molecule has 0 bridgehead atoms. The third kappa shape index (κ3) is 2.48. The van der Waals surface area contributed by atoms with Crippen LogP contribution in [0, 0.1) is 0 Å². The summed E-state index contributed by atoms with van der Waals surface area (Å²) in [7, 11) is 0. The van der Waals surface area contributed by atoms with Gasteiger partial charge < -0.3 is 18.9 Å². The molecule has 0 spiro atoms. The Morgan fingerprint density at radius 1 is 0.857 bits per heavy atom. The van der Waals surface area contributed by atoms with Crippen molar-refractivity contribution < 1.29 is 18.9 Å². The molecule has 0 amide bonds. The van der Waals surface area contributed by atoms with Crippen molar-refractivity contribution in [3.8, 4) is 0 Å². The Hall–Kier alpha value is 0.800. The van der Waals surface area contributed by atoms with Gasteiger partial charge in [0, 0.05) is 0 Å². The van der Waals surface area contributed by atoms with Crippen LogP contribution in [0.25, 0.3) is 0 Å². The third-order valence-electron chi connectivity index (χ3n) is 2.21. The maximum absolute atomic E-state index is 5.60. The first-order chi connectivity index (χ1) is 6.83. The molecule has 0 saturated carbocycles. The molecule has 6 heteroatoms. The lowest BCUT2D eigenvalue weighted by Gasteiger charge is -2.15. The fraction of sp³-hybridized carbons (Fsp3) is 1.00. The van der Waals surface area contributed by atoms with Crippen molar-refractivity contribution >= 4 is 31.9 Å². The van der Waals surface area contributed by atoms with Crippen LogP contribution in [-0.4, -0.2) is 48.7 Å². The van der Waals surface area contributed by atoms with Crippen LogP contribution in [0.4, 0.5) is 0 Å². The van der Waals surface area contributed by atoms with Gasteiger partial charge in [-0.1, -0.05) is 31.9 Å². The first-order valence-electron chi connectivity index (χ1n) is 4.49. The predicted molar refractivity (Wildman–Crippen MR) is 56.8 cm³/mol. The van der Waals surface area contributed by atoms with Gasteiger partial charge in [-0.25, -0.2) is 0 Å². The van der Waals surface area contributed by atoms with Crippen LogP contribution in [0.3, 0.4) is 0 Å². The molecule has 2 saturated heterocycles. The molecular formula is C8H12Br2O4. The van der Waals surface area contributed by atoms with E-state index in [0.29, 0.717) is 23.9 Å². The maximum atomic E-state index is 5.60. The lowest BCUT2D eigenvalue weighted by atomic mass is 10.2. The average molecular weight is 332 g/mol. The summed E-state index contributed by atoms with van der Waals surface area (Å²) in [5.41, 5.74) is 0. The van der Waals surface area contributed by atoms with E-state index in [1.165, 1.54) is 0 Å². The molecule has 0 aromatic carbocycles. The molecule has 4 nitrogen and oxygen atoms in total. The van der Waals surface area contributed by atoms with Gasteiger partial charge in [0.15, 0.2) is 12.6 Å². The van der Waals surface area contributed by atoms with E-state index in [1.54, 1.807) is 0 Å². The fourth-order valence-corrected chi connectivity index (χ4v) is 2.18. The molecule has 2 rings (SSSR count). The number of alkyl halides is 2. The van der Waals surface area contributed by atoms with E-state index in [-0.39, 0.29) is 24.8 Å². The van der Waals surface area contributed by atoms with Crippen molar-refractivity contribution in [2.75, 3.05) is 23.9 Å². The summed E-state index contributed by atoms with van der Waals surface area (Å²) >= 11 is 6.62. The van der Waals surface area contributed by atoms with Crippen molar-refractivity contribution in [3.63, 3.8) is 0 Å². The highest BCUT2D eigenvalue weighted by Crippen LogP contribution is 2.23. The van der Waals surface area contributed by atoms with E-state index >= 15 is 0 Å². The van der Waals surface area contributed by atoms with Crippen LogP contribution < -0.4 is 0 Å². The molecule has 82 valence electrons. The molecular weight excluding hydrogens is 320 g/mol. The van der Waals surface area contributed by atoms with Crippen molar-refractivity contribution in [1.29, 1.82) is 0 Å². The molecule has 0 aromatic rings. The normalized spacial score (nSPS) is 43.3. The van der Waals surface area contributed by atoms with E-state index in [2.05, 4.69) is 31.9 Å². The second-order valence-electron chi connectivity index (χ2n) is 3.18. The standard InChI is InChI=1S/C8H12Br2O4/c9-1-7-11-3-5(13-7)6-4-12-8(2-10)14-6/h5-8H,1-4H2/t5-,6-,7-,8-/m1/s1. The van der Waals surface area contributed by atoms with Gasteiger partial charge in [0.25, 0.3) is 0 Å². The highest BCUT2D eigenvalue weighted by molar-refractivity contribution is 9.09. The highest BCUT2D eigenvalue weighted by Gasteiger charge is 2.37. The topological polar surface area (TPSA) is 36.9 Å². The van der Waals surface area contributed by atoms with Crippen LogP contribution in [0.2, 0.25) is 0 Å². The molecule has 0 aliphatic carbocycles. The van der Waals surface area contributed by atoms with Crippen molar-refractivity contribution in [1.82, 2.24) is 0 Å². The first-order valence-corrected chi connectivity index (χ1v) is 6.74. The van der Waals surface area contributed by atoms with Gasteiger partial charge >= 0.3 is 0 Å². The zero-order valence-electron chi connectivity index (χ0n) is 7.53. The molecule has 0 radical (unpaired) electrons. The minimum absolute atomic E-state index is 0.00148. The Bertz CT molecular complexity index is 172. The fourth-order valence-electron chi connectivity index (χ4n) is 1.50. The summed E-state index contributed by atoms with van der Waals surface area (Å²) in [6.07, 6.45) is -0.290. The molecule has 2 aliphatic rings. The van der Waals surface area contributed by atoms with E-state index < -0.39 is 0 Å². The van der Waals surface area contributed by atoms with Gasteiger partial charge in [-0.15, -0.1) is 0 Å². The smallest absolute Gasteiger partial charge is 0.167 e. The van der Waals surface area contributed by atoms with Crippen LogP contribution in [0.5, 0.6) is 0 Å². The highest BCUT2D eigenvalue weighted by atomic mass is 79.9. The lowest BCUT2D eigenvalue weighted by Crippen LogP contribution is -2.31. The zero-order chi connectivity index (χ0) is 9.97. The maximum Gasteiger partial charge on any atom is 0.167 e. The second kappa shape index (κ2) is 5.23. The van der Waals surface area contributed by atoms with Crippen molar-refractivity contribution in [2.45, 2.75) is 24.8 Å².